The minimum Gasteiger partial charge on any atom is -0.463 e. The van der Waals surface area contributed by atoms with Crippen LogP contribution in [-0.4, -0.2) is 54.4 Å². The molecule has 0 radical (unpaired) electrons. The zero-order valence-electron chi connectivity index (χ0n) is 22.0. The number of amides is 3. The molecule has 212 valence electrons. The number of H-pyrrole nitrogens is 1. The first-order chi connectivity index (χ1) is 18.5. The van der Waals surface area contributed by atoms with Crippen LogP contribution in [0.25, 0.3) is 11.3 Å². The summed E-state index contributed by atoms with van der Waals surface area (Å²) in [5, 5.41) is 7.83. The number of alkyl halides is 3. The van der Waals surface area contributed by atoms with Crippen molar-refractivity contribution in [1.29, 1.82) is 0 Å². The summed E-state index contributed by atoms with van der Waals surface area (Å²) in [5.74, 6) is -2.60. The number of hydrogen-bond donors (Lipinski definition) is 4. The van der Waals surface area contributed by atoms with Gasteiger partial charge in [-0.1, -0.05) is 38.1 Å². The topological polar surface area (TPSA) is 129 Å². The zero-order valence-corrected chi connectivity index (χ0v) is 22.0. The highest BCUT2D eigenvalue weighted by Crippen LogP contribution is 2.36. The Morgan fingerprint density at radius 3 is 2.44 bits per heavy atom. The van der Waals surface area contributed by atoms with Gasteiger partial charge in [-0.05, 0) is 38.0 Å². The molecule has 1 aromatic heterocycles. The molecule has 1 heterocycles. The van der Waals surface area contributed by atoms with Crippen LogP contribution in [-0.2, 0) is 25.3 Å². The first-order valence-corrected chi connectivity index (χ1v) is 12.5. The number of hydrogen-bond acceptors (Lipinski definition) is 5. The van der Waals surface area contributed by atoms with E-state index < -0.39 is 48.0 Å². The number of carbonyl (C=O) groups excluding carboxylic acids is 4. The number of aromatic nitrogens is 1. The van der Waals surface area contributed by atoms with E-state index in [4.69, 9.17) is 4.74 Å². The summed E-state index contributed by atoms with van der Waals surface area (Å²) in [6.45, 7) is 5.48. The lowest BCUT2D eigenvalue weighted by atomic mass is 10.00. The first kappa shape index (κ1) is 31.1. The van der Waals surface area contributed by atoms with Gasteiger partial charge in [0, 0.05) is 35.8 Å². The summed E-state index contributed by atoms with van der Waals surface area (Å²) in [6.07, 6.45) is -1.06. The lowest BCUT2D eigenvalue weighted by Gasteiger charge is -2.19. The maximum absolute atomic E-state index is 13.3. The van der Waals surface area contributed by atoms with Gasteiger partial charge in [0.15, 0.2) is 0 Å². The Balaban J connectivity index is 2.03. The second kappa shape index (κ2) is 14.7. The maximum atomic E-state index is 13.3. The van der Waals surface area contributed by atoms with E-state index in [2.05, 4.69) is 20.9 Å². The normalized spacial score (nSPS) is 13.0. The lowest BCUT2D eigenvalue weighted by Crippen LogP contribution is -2.43. The molecule has 2 rings (SSSR count). The highest BCUT2D eigenvalue weighted by Gasteiger charge is 2.33. The molecule has 0 fully saturated rings. The monoisotopic (exact) mass is 550 g/mol. The molecule has 0 aliphatic carbocycles. The fraction of sp³-hybridized carbons (Fsp3) is 0.407. The van der Waals surface area contributed by atoms with Gasteiger partial charge < -0.3 is 25.7 Å². The summed E-state index contributed by atoms with van der Waals surface area (Å²) in [6, 6.07) is 6.92. The minimum atomic E-state index is -4.57. The third-order valence-electron chi connectivity index (χ3n) is 5.56. The largest absolute Gasteiger partial charge is 0.463 e. The van der Waals surface area contributed by atoms with Crippen LogP contribution in [0.3, 0.4) is 0 Å². The van der Waals surface area contributed by atoms with Crippen molar-refractivity contribution in [3.05, 3.63) is 59.8 Å². The van der Waals surface area contributed by atoms with Crippen LogP contribution >= 0.6 is 0 Å². The van der Waals surface area contributed by atoms with Crippen LogP contribution in [0.1, 0.15) is 49.7 Å². The fourth-order valence-electron chi connectivity index (χ4n) is 3.64. The number of carbonyl (C=O) groups is 4. The van der Waals surface area contributed by atoms with Crippen LogP contribution in [0.4, 0.5) is 13.2 Å². The molecule has 12 heteroatoms. The van der Waals surface area contributed by atoms with Gasteiger partial charge in [0.25, 0.3) is 5.91 Å². The van der Waals surface area contributed by atoms with Crippen LogP contribution in [0.5, 0.6) is 0 Å². The number of benzene rings is 1. The molecule has 9 nitrogen and oxygen atoms in total. The predicted molar refractivity (Wildman–Crippen MR) is 138 cm³/mol. The van der Waals surface area contributed by atoms with E-state index in [9.17, 15) is 32.3 Å². The molecule has 2 atom stereocenters. The third kappa shape index (κ3) is 9.95. The standard InChI is InChI=1S/C27H33F3N4O5/c1-4-14-31-25(37)17(3)15-18(10-13-24(36)39-5-2)33-23(35)16-32-26(38)22-12-11-21(34-22)19-8-6-7-9-20(19)27(28,29)30/h6-13,17-18,34H,4-5,14-16H2,1-3H3,(H,31,37)(H,32,38)(H,33,35)/b13-10+. The molecule has 0 aliphatic rings. The third-order valence-corrected chi connectivity index (χ3v) is 5.56. The summed E-state index contributed by atoms with van der Waals surface area (Å²) < 4.78 is 44.9. The van der Waals surface area contributed by atoms with E-state index in [-0.39, 0.29) is 35.9 Å². The Morgan fingerprint density at radius 2 is 1.77 bits per heavy atom. The van der Waals surface area contributed by atoms with Gasteiger partial charge in [-0.2, -0.15) is 13.2 Å². The van der Waals surface area contributed by atoms with Crippen molar-refractivity contribution in [3.63, 3.8) is 0 Å². The molecule has 39 heavy (non-hydrogen) atoms. The molecule has 1 aromatic carbocycles. The van der Waals surface area contributed by atoms with Crippen LogP contribution in [0.15, 0.2) is 48.6 Å². The first-order valence-electron chi connectivity index (χ1n) is 12.5. The van der Waals surface area contributed by atoms with Crippen molar-refractivity contribution in [1.82, 2.24) is 20.9 Å². The Labute approximate surface area is 224 Å². The lowest BCUT2D eigenvalue weighted by molar-refractivity contribution is -0.138. The number of rotatable bonds is 13. The van der Waals surface area contributed by atoms with Crippen molar-refractivity contribution >= 4 is 23.7 Å². The summed E-state index contributed by atoms with van der Waals surface area (Å²) in [4.78, 5) is 51.7. The van der Waals surface area contributed by atoms with Gasteiger partial charge >= 0.3 is 12.1 Å². The van der Waals surface area contributed by atoms with Gasteiger partial charge in [-0.3, -0.25) is 14.4 Å². The van der Waals surface area contributed by atoms with E-state index in [1.54, 1.807) is 13.8 Å². The molecule has 0 saturated carbocycles. The van der Waals surface area contributed by atoms with Crippen molar-refractivity contribution in [2.24, 2.45) is 5.92 Å². The Bertz CT molecular complexity index is 1180. The molecule has 2 aromatic rings. The second-order valence-corrected chi connectivity index (χ2v) is 8.72. The molecular weight excluding hydrogens is 517 g/mol. The van der Waals surface area contributed by atoms with Crippen LogP contribution in [0.2, 0.25) is 0 Å². The van der Waals surface area contributed by atoms with Crippen molar-refractivity contribution < 1.29 is 37.1 Å². The van der Waals surface area contributed by atoms with E-state index >= 15 is 0 Å². The molecule has 0 spiro atoms. The number of halogens is 3. The summed E-state index contributed by atoms with van der Waals surface area (Å²) in [5.41, 5.74) is -0.903. The average Bonchev–Trinajstić information content (AvgIpc) is 3.39. The minimum absolute atomic E-state index is 0.0326. The number of nitrogens with one attached hydrogen (secondary N) is 4. The Kier molecular flexibility index (Phi) is 11.8. The second-order valence-electron chi connectivity index (χ2n) is 8.72. The molecule has 0 aliphatic heterocycles. The molecule has 0 saturated heterocycles. The molecule has 2 unspecified atom stereocenters. The zero-order chi connectivity index (χ0) is 29.0. The fourth-order valence-corrected chi connectivity index (χ4v) is 3.64. The van der Waals surface area contributed by atoms with Gasteiger partial charge in [0.1, 0.15) is 5.69 Å². The van der Waals surface area contributed by atoms with Gasteiger partial charge in [-0.15, -0.1) is 0 Å². The van der Waals surface area contributed by atoms with E-state index in [0.29, 0.717) is 6.54 Å². The highest BCUT2D eigenvalue weighted by atomic mass is 19.4. The van der Waals surface area contributed by atoms with Crippen molar-refractivity contribution in [3.8, 4) is 11.3 Å². The Morgan fingerprint density at radius 1 is 1.05 bits per heavy atom. The summed E-state index contributed by atoms with van der Waals surface area (Å²) >= 11 is 0. The predicted octanol–water partition coefficient (Wildman–Crippen LogP) is 3.59. The number of aromatic amines is 1. The van der Waals surface area contributed by atoms with Gasteiger partial charge in [0.2, 0.25) is 11.8 Å². The van der Waals surface area contributed by atoms with Crippen LogP contribution in [0, 0.1) is 5.92 Å². The van der Waals surface area contributed by atoms with E-state index in [1.165, 1.54) is 36.4 Å². The summed E-state index contributed by atoms with van der Waals surface area (Å²) in [7, 11) is 0. The Hall–Kier alpha value is -4.09. The van der Waals surface area contributed by atoms with Gasteiger partial charge in [-0.25, -0.2) is 4.79 Å². The average molecular weight is 551 g/mol. The van der Waals surface area contributed by atoms with E-state index in [1.807, 2.05) is 6.92 Å². The molecule has 3 amide bonds. The SMILES string of the molecule is CCCNC(=O)C(C)CC(/C=C/C(=O)OCC)NC(=O)CNC(=O)c1ccc(-c2ccccc2C(F)(F)F)[nH]1. The van der Waals surface area contributed by atoms with Crippen molar-refractivity contribution in [2.75, 3.05) is 19.7 Å². The molecule has 0 bridgehead atoms. The van der Waals surface area contributed by atoms with Crippen molar-refractivity contribution in [2.45, 2.75) is 45.8 Å². The number of ether oxygens (including phenoxy) is 1. The molecule has 4 N–H and O–H groups in total. The quantitative estimate of drug-likeness (QED) is 0.224. The number of esters is 1. The molecular formula is C27H33F3N4O5. The smallest absolute Gasteiger partial charge is 0.417 e. The van der Waals surface area contributed by atoms with Crippen LogP contribution < -0.4 is 16.0 Å². The van der Waals surface area contributed by atoms with E-state index in [0.717, 1.165) is 18.6 Å². The van der Waals surface area contributed by atoms with Gasteiger partial charge in [0.05, 0.1) is 18.7 Å². The maximum Gasteiger partial charge on any atom is 0.417 e. The highest BCUT2D eigenvalue weighted by molar-refractivity contribution is 5.96.